The Morgan fingerprint density at radius 2 is 1.69 bits per heavy atom. The zero-order valence-corrected chi connectivity index (χ0v) is 20.1. The van der Waals surface area contributed by atoms with Gasteiger partial charge in [0.15, 0.2) is 5.82 Å². The van der Waals surface area contributed by atoms with Crippen LogP contribution in [0.15, 0.2) is 60.7 Å². The van der Waals surface area contributed by atoms with Gasteiger partial charge in [0.1, 0.15) is 23.0 Å². The number of anilines is 1. The first-order chi connectivity index (χ1) is 17.5. The zero-order valence-electron chi connectivity index (χ0n) is 19.3. The molecule has 7 nitrogen and oxygen atoms in total. The maximum Gasteiger partial charge on any atom is 0.317 e. The molecule has 2 amide bonds. The lowest BCUT2D eigenvalue weighted by atomic mass is 10.1. The van der Waals surface area contributed by atoms with Gasteiger partial charge < -0.3 is 15.1 Å². The molecule has 4 aromatic rings. The van der Waals surface area contributed by atoms with Gasteiger partial charge in [0.25, 0.3) is 0 Å². The number of urea groups is 1. The summed E-state index contributed by atoms with van der Waals surface area (Å²) < 4.78 is 26.8. The molecule has 0 radical (unpaired) electrons. The molecule has 1 N–H and O–H groups in total. The Morgan fingerprint density at radius 1 is 0.917 bits per heavy atom. The molecule has 0 aliphatic carbocycles. The molecule has 2 aromatic heterocycles. The minimum absolute atomic E-state index is 0.158. The number of carbonyl (C=O) groups is 1. The minimum atomic E-state index is -0.333. The van der Waals surface area contributed by atoms with Crippen LogP contribution in [0.1, 0.15) is 11.4 Å². The highest BCUT2D eigenvalue weighted by atomic mass is 35.5. The number of aromatic nitrogens is 3. The van der Waals surface area contributed by atoms with Gasteiger partial charge in [0.2, 0.25) is 0 Å². The molecule has 0 atom stereocenters. The van der Waals surface area contributed by atoms with Crippen molar-refractivity contribution in [2.75, 3.05) is 31.1 Å². The van der Waals surface area contributed by atoms with Gasteiger partial charge in [0.05, 0.1) is 17.1 Å². The molecule has 1 aliphatic heterocycles. The van der Waals surface area contributed by atoms with Crippen LogP contribution >= 0.6 is 11.6 Å². The monoisotopic (exact) mass is 508 g/mol. The Balaban J connectivity index is 1.33. The summed E-state index contributed by atoms with van der Waals surface area (Å²) in [7, 11) is 0. The summed E-state index contributed by atoms with van der Waals surface area (Å²) in [5, 5.41) is 2.85. The standard InChI is InChI=1S/C26H23ClF2N6O/c27-15-23-31-22-9-8-21(18-4-6-19(28)7-5-18)32-24(22)25(33-23)34-10-12-35(13-11-34)26(36)30-16-17-2-1-3-20(29)14-17/h1-9,14H,10-13,15-16H2,(H,30,36). The highest BCUT2D eigenvalue weighted by molar-refractivity contribution is 6.16. The van der Waals surface area contributed by atoms with E-state index >= 15 is 0 Å². The summed E-state index contributed by atoms with van der Waals surface area (Å²) >= 11 is 6.06. The van der Waals surface area contributed by atoms with Crippen molar-refractivity contribution in [3.8, 4) is 11.3 Å². The van der Waals surface area contributed by atoms with Crippen molar-refractivity contribution in [3.63, 3.8) is 0 Å². The second kappa shape index (κ2) is 10.4. The number of nitrogens with zero attached hydrogens (tertiary/aromatic N) is 5. The number of hydrogen-bond donors (Lipinski definition) is 1. The molecule has 0 saturated carbocycles. The molecule has 1 saturated heterocycles. The Labute approximate surface area is 211 Å². The first kappa shape index (κ1) is 23.9. The molecule has 0 spiro atoms. The van der Waals surface area contributed by atoms with E-state index in [1.54, 1.807) is 29.2 Å². The molecule has 0 bridgehead atoms. The fraction of sp³-hybridized carbons (Fsp3) is 0.231. The van der Waals surface area contributed by atoms with Gasteiger partial charge >= 0.3 is 6.03 Å². The van der Waals surface area contributed by atoms with Gasteiger partial charge in [-0.3, -0.25) is 0 Å². The summed E-state index contributed by atoms with van der Waals surface area (Å²) in [5.74, 6) is 0.656. The Bertz CT molecular complexity index is 1390. The van der Waals surface area contributed by atoms with E-state index in [1.165, 1.54) is 24.3 Å². The first-order valence-corrected chi connectivity index (χ1v) is 12.1. The zero-order chi connectivity index (χ0) is 25.1. The predicted molar refractivity (Wildman–Crippen MR) is 135 cm³/mol. The van der Waals surface area contributed by atoms with Crippen LogP contribution in [0.4, 0.5) is 19.4 Å². The number of halogens is 3. The van der Waals surface area contributed by atoms with E-state index < -0.39 is 0 Å². The van der Waals surface area contributed by atoms with Gasteiger partial charge in [0, 0.05) is 38.3 Å². The van der Waals surface area contributed by atoms with Crippen molar-refractivity contribution < 1.29 is 13.6 Å². The number of piperazine rings is 1. The topological polar surface area (TPSA) is 74.2 Å². The number of pyridine rings is 1. The molecular formula is C26H23ClF2N6O. The van der Waals surface area contributed by atoms with Crippen molar-refractivity contribution in [1.29, 1.82) is 0 Å². The largest absolute Gasteiger partial charge is 0.351 e. The molecule has 2 aromatic carbocycles. The highest BCUT2D eigenvalue weighted by Gasteiger charge is 2.24. The molecule has 1 aliphatic rings. The van der Waals surface area contributed by atoms with E-state index in [4.69, 9.17) is 16.6 Å². The van der Waals surface area contributed by atoms with Gasteiger partial charge in [-0.2, -0.15) is 0 Å². The number of fused-ring (bicyclic) bond motifs is 1. The van der Waals surface area contributed by atoms with Crippen LogP contribution in [0.3, 0.4) is 0 Å². The van der Waals surface area contributed by atoms with Crippen molar-refractivity contribution in [3.05, 3.63) is 83.7 Å². The van der Waals surface area contributed by atoms with Crippen LogP contribution < -0.4 is 10.2 Å². The average molecular weight is 509 g/mol. The molecular weight excluding hydrogens is 486 g/mol. The van der Waals surface area contributed by atoms with Crippen LogP contribution in [-0.2, 0) is 12.4 Å². The van der Waals surface area contributed by atoms with Crippen LogP contribution in [-0.4, -0.2) is 52.1 Å². The van der Waals surface area contributed by atoms with E-state index in [2.05, 4.69) is 20.2 Å². The number of amides is 2. The normalized spacial score (nSPS) is 13.8. The summed E-state index contributed by atoms with van der Waals surface area (Å²) in [6.45, 7) is 2.30. The molecule has 1 fully saturated rings. The third kappa shape index (κ3) is 5.21. The fourth-order valence-corrected chi connectivity index (χ4v) is 4.28. The smallest absolute Gasteiger partial charge is 0.317 e. The van der Waals surface area contributed by atoms with E-state index in [9.17, 15) is 13.6 Å². The van der Waals surface area contributed by atoms with E-state index in [1.807, 2.05) is 12.1 Å². The lowest BCUT2D eigenvalue weighted by Crippen LogP contribution is -2.52. The average Bonchev–Trinajstić information content (AvgIpc) is 2.91. The summed E-state index contributed by atoms with van der Waals surface area (Å²) in [6, 6.07) is 15.8. The molecule has 36 heavy (non-hydrogen) atoms. The lowest BCUT2D eigenvalue weighted by Gasteiger charge is -2.35. The molecule has 10 heteroatoms. The number of carbonyl (C=O) groups excluding carboxylic acids is 1. The maximum atomic E-state index is 13.4. The van der Waals surface area contributed by atoms with Crippen molar-refractivity contribution in [2.45, 2.75) is 12.4 Å². The van der Waals surface area contributed by atoms with E-state index in [-0.39, 0.29) is 30.1 Å². The SMILES string of the molecule is O=C(NCc1cccc(F)c1)N1CCN(c2nc(CCl)nc3ccc(-c4ccc(F)cc4)nc23)CC1. The highest BCUT2D eigenvalue weighted by Crippen LogP contribution is 2.27. The van der Waals surface area contributed by atoms with Crippen LogP contribution in [0.25, 0.3) is 22.3 Å². The van der Waals surface area contributed by atoms with Crippen molar-refractivity contribution in [1.82, 2.24) is 25.2 Å². The van der Waals surface area contributed by atoms with Crippen LogP contribution in [0.5, 0.6) is 0 Å². The number of alkyl halides is 1. The Morgan fingerprint density at radius 3 is 2.42 bits per heavy atom. The molecule has 3 heterocycles. The third-order valence-corrected chi connectivity index (χ3v) is 6.27. The van der Waals surface area contributed by atoms with Gasteiger partial charge in [-0.05, 0) is 54.1 Å². The minimum Gasteiger partial charge on any atom is -0.351 e. The molecule has 184 valence electrons. The van der Waals surface area contributed by atoms with E-state index in [0.717, 1.165) is 5.56 Å². The lowest BCUT2D eigenvalue weighted by molar-refractivity contribution is 0.194. The summed E-state index contributed by atoms with van der Waals surface area (Å²) in [5.41, 5.74) is 3.45. The Hall–Kier alpha value is -3.85. The van der Waals surface area contributed by atoms with Crippen LogP contribution in [0.2, 0.25) is 0 Å². The number of benzene rings is 2. The van der Waals surface area contributed by atoms with Crippen molar-refractivity contribution in [2.24, 2.45) is 0 Å². The molecule has 5 rings (SSSR count). The number of nitrogens with one attached hydrogen (secondary N) is 1. The Kier molecular flexibility index (Phi) is 6.90. The second-order valence-electron chi connectivity index (χ2n) is 8.43. The van der Waals surface area contributed by atoms with Crippen molar-refractivity contribution >= 4 is 34.5 Å². The van der Waals surface area contributed by atoms with Crippen LogP contribution in [0, 0.1) is 11.6 Å². The van der Waals surface area contributed by atoms with Gasteiger partial charge in [-0.15, -0.1) is 11.6 Å². The third-order valence-electron chi connectivity index (χ3n) is 6.03. The maximum absolute atomic E-state index is 13.4. The second-order valence-corrected chi connectivity index (χ2v) is 8.70. The molecule has 0 unspecified atom stereocenters. The summed E-state index contributed by atoms with van der Waals surface area (Å²) in [4.78, 5) is 30.4. The predicted octanol–water partition coefficient (Wildman–Crippen LogP) is 4.74. The number of hydrogen-bond acceptors (Lipinski definition) is 5. The summed E-state index contributed by atoms with van der Waals surface area (Å²) in [6.07, 6.45) is 0. The quantitative estimate of drug-likeness (QED) is 0.394. The number of rotatable bonds is 5. The van der Waals surface area contributed by atoms with Gasteiger partial charge in [-0.1, -0.05) is 12.1 Å². The van der Waals surface area contributed by atoms with Gasteiger partial charge in [-0.25, -0.2) is 28.5 Å². The van der Waals surface area contributed by atoms with E-state index in [0.29, 0.717) is 60.1 Å². The fourth-order valence-electron chi connectivity index (χ4n) is 4.17. The first-order valence-electron chi connectivity index (χ1n) is 11.5.